The van der Waals surface area contributed by atoms with Crippen molar-refractivity contribution >= 4 is 11.6 Å². The molecular weight excluding hydrogens is 507 g/mol. The molecule has 2 bridgehead atoms. The van der Waals surface area contributed by atoms with Gasteiger partial charge in [-0.3, -0.25) is 14.5 Å². The van der Waals surface area contributed by atoms with Crippen molar-refractivity contribution < 1.29 is 26.7 Å². The summed E-state index contributed by atoms with van der Waals surface area (Å²) >= 11 is 0. The molecule has 11 heteroatoms. The molecule has 1 aliphatic carbocycles. The Morgan fingerprint density at radius 1 is 1.13 bits per heavy atom. The maximum Gasteiger partial charge on any atom is 0.266 e. The van der Waals surface area contributed by atoms with Crippen molar-refractivity contribution in [3.63, 3.8) is 0 Å². The Morgan fingerprint density at radius 3 is 2.39 bits per heavy atom. The summed E-state index contributed by atoms with van der Waals surface area (Å²) in [5, 5.41) is 5.79. The first-order chi connectivity index (χ1) is 18.1. The summed E-state index contributed by atoms with van der Waals surface area (Å²) in [6.07, 6.45) is -1.15. The molecule has 1 unspecified atom stereocenters. The highest BCUT2D eigenvalue weighted by molar-refractivity contribution is 5.99. The Hall–Kier alpha value is -2.95. The fourth-order valence-electron chi connectivity index (χ4n) is 5.85. The minimum absolute atomic E-state index is 0.0373. The van der Waals surface area contributed by atoms with Gasteiger partial charge in [0.1, 0.15) is 11.4 Å². The largest absolute Gasteiger partial charge is 0.383 e. The summed E-state index contributed by atoms with van der Waals surface area (Å²) in [7, 11) is 0. The van der Waals surface area contributed by atoms with Gasteiger partial charge in [-0.05, 0) is 58.0 Å². The number of amides is 1. The van der Waals surface area contributed by atoms with Crippen LogP contribution in [-0.4, -0.2) is 47.5 Å². The molecule has 2 aromatic rings. The fourth-order valence-corrected chi connectivity index (χ4v) is 5.85. The minimum Gasteiger partial charge on any atom is -0.383 e. The summed E-state index contributed by atoms with van der Waals surface area (Å²) in [6, 6.07) is 3.94. The van der Waals surface area contributed by atoms with Crippen LogP contribution in [0.3, 0.4) is 0 Å². The quantitative estimate of drug-likeness (QED) is 0.438. The van der Waals surface area contributed by atoms with E-state index in [4.69, 9.17) is 0 Å². The van der Waals surface area contributed by atoms with Gasteiger partial charge >= 0.3 is 0 Å². The first kappa shape index (κ1) is 26.6. The van der Waals surface area contributed by atoms with E-state index in [0.29, 0.717) is 12.5 Å². The standard InChI is InChI=1S/C27H31F5N4O2/c1-15(18-3-2-4-19(23(18)28)24(29)30)34-25(38)20-14-36(27(7-8-27)26(31)32)22(37)12-21(20)33-13-17-11-16-5-9-35(17)10-6-16/h2-4,12,14-17,24,26,33H,5-11,13H2,1H3,(H,34,38)/t15?,17-/m1/s1. The number of carbonyl (C=O) groups is 1. The highest BCUT2D eigenvalue weighted by atomic mass is 19.3. The van der Waals surface area contributed by atoms with Crippen LogP contribution < -0.4 is 16.2 Å². The topological polar surface area (TPSA) is 66.4 Å². The molecule has 3 saturated heterocycles. The first-order valence-corrected chi connectivity index (χ1v) is 13.0. The molecule has 1 aromatic carbocycles. The highest BCUT2D eigenvalue weighted by Gasteiger charge is 2.53. The Balaban J connectivity index is 1.43. The van der Waals surface area contributed by atoms with Gasteiger partial charge in [-0.15, -0.1) is 0 Å². The summed E-state index contributed by atoms with van der Waals surface area (Å²) in [6.45, 7) is 3.90. The van der Waals surface area contributed by atoms with E-state index < -0.39 is 47.3 Å². The normalized spacial score (nSPS) is 24.5. The number of pyridine rings is 1. The van der Waals surface area contributed by atoms with E-state index in [2.05, 4.69) is 15.5 Å². The summed E-state index contributed by atoms with van der Waals surface area (Å²) < 4.78 is 69.7. The van der Waals surface area contributed by atoms with Crippen molar-refractivity contribution in [2.45, 2.75) is 69.5 Å². The summed E-state index contributed by atoms with van der Waals surface area (Å²) in [4.78, 5) is 28.7. The number of hydrogen-bond acceptors (Lipinski definition) is 4. The maximum atomic E-state index is 14.7. The van der Waals surface area contributed by atoms with Crippen LogP contribution in [0.2, 0.25) is 0 Å². The van der Waals surface area contributed by atoms with Crippen LogP contribution in [0.5, 0.6) is 0 Å². The fraction of sp³-hybridized carbons (Fsp3) is 0.556. The zero-order valence-corrected chi connectivity index (χ0v) is 21.0. The third-order valence-electron chi connectivity index (χ3n) is 8.35. The van der Waals surface area contributed by atoms with Crippen LogP contribution in [0, 0.1) is 11.7 Å². The molecule has 2 N–H and O–H groups in total. The van der Waals surface area contributed by atoms with Gasteiger partial charge in [-0.1, -0.05) is 18.2 Å². The molecule has 6 nitrogen and oxygen atoms in total. The number of nitrogens with one attached hydrogen (secondary N) is 2. The van der Waals surface area contributed by atoms with Crippen molar-refractivity contribution in [3.8, 4) is 0 Å². The number of aromatic nitrogens is 1. The van der Waals surface area contributed by atoms with Crippen LogP contribution >= 0.6 is 0 Å². The number of halogens is 5. The highest BCUT2D eigenvalue weighted by Crippen LogP contribution is 2.48. The number of hydrogen-bond donors (Lipinski definition) is 2. The SMILES string of the molecule is CC(NC(=O)c1cn(C2(C(F)F)CC2)c(=O)cc1NC[C@H]1CC2CCN1CC2)c1cccc(C(F)F)c1F. The Morgan fingerprint density at radius 2 is 1.82 bits per heavy atom. The number of alkyl halides is 4. The number of anilines is 1. The predicted octanol–water partition coefficient (Wildman–Crippen LogP) is 5.07. The maximum absolute atomic E-state index is 14.7. The lowest BCUT2D eigenvalue weighted by molar-refractivity contribution is 0.0562. The van der Waals surface area contributed by atoms with Gasteiger partial charge in [0.2, 0.25) is 0 Å². The van der Waals surface area contributed by atoms with Crippen LogP contribution in [0.25, 0.3) is 0 Å². The van der Waals surface area contributed by atoms with Gasteiger partial charge in [0, 0.05) is 30.4 Å². The molecule has 0 spiro atoms. The molecule has 6 rings (SSSR count). The molecular formula is C27H31F5N4O2. The molecule has 1 aromatic heterocycles. The molecule has 0 radical (unpaired) electrons. The smallest absolute Gasteiger partial charge is 0.266 e. The van der Waals surface area contributed by atoms with E-state index in [0.717, 1.165) is 55.2 Å². The van der Waals surface area contributed by atoms with Crippen LogP contribution in [0.4, 0.5) is 27.6 Å². The van der Waals surface area contributed by atoms with Gasteiger partial charge in [0.15, 0.2) is 0 Å². The zero-order chi connectivity index (χ0) is 27.2. The Kier molecular flexibility index (Phi) is 7.23. The van der Waals surface area contributed by atoms with Crippen molar-refractivity contribution in [1.29, 1.82) is 0 Å². The molecule has 206 valence electrons. The van der Waals surface area contributed by atoms with E-state index in [-0.39, 0.29) is 35.7 Å². The Bertz CT molecular complexity index is 1250. The van der Waals surface area contributed by atoms with E-state index >= 15 is 0 Å². The van der Waals surface area contributed by atoms with E-state index in [1.807, 2.05) is 0 Å². The number of carbonyl (C=O) groups excluding carboxylic acids is 1. The average Bonchev–Trinajstić information content (AvgIpc) is 3.70. The molecule has 38 heavy (non-hydrogen) atoms. The van der Waals surface area contributed by atoms with Crippen molar-refractivity contribution in [1.82, 2.24) is 14.8 Å². The first-order valence-electron chi connectivity index (χ1n) is 13.0. The van der Waals surface area contributed by atoms with Crippen LogP contribution in [0.1, 0.15) is 73.0 Å². The van der Waals surface area contributed by atoms with Gasteiger partial charge in [-0.2, -0.15) is 0 Å². The lowest BCUT2D eigenvalue weighted by atomic mass is 9.83. The second-order valence-corrected chi connectivity index (χ2v) is 10.7. The van der Waals surface area contributed by atoms with Gasteiger partial charge in [0.25, 0.3) is 24.3 Å². The van der Waals surface area contributed by atoms with Crippen LogP contribution in [-0.2, 0) is 5.54 Å². The molecule has 4 aliphatic rings. The number of benzene rings is 1. The monoisotopic (exact) mass is 538 g/mol. The van der Waals surface area contributed by atoms with E-state index in [9.17, 15) is 31.5 Å². The Labute approximate surface area is 217 Å². The molecule has 4 heterocycles. The number of nitrogens with zero attached hydrogens (tertiary/aromatic N) is 2. The lowest BCUT2D eigenvalue weighted by Gasteiger charge is -2.45. The number of piperidine rings is 3. The van der Waals surface area contributed by atoms with Crippen LogP contribution in [0.15, 0.2) is 35.3 Å². The van der Waals surface area contributed by atoms with Crippen molar-refractivity contribution in [2.24, 2.45) is 5.92 Å². The van der Waals surface area contributed by atoms with E-state index in [1.54, 1.807) is 0 Å². The molecule has 1 saturated carbocycles. The third-order valence-corrected chi connectivity index (χ3v) is 8.35. The van der Waals surface area contributed by atoms with E-state index in [1.165, 1.54) is 19.1 Å². The predicted molar refractivity (Wildman–Crippen MR) is 132 cm³/mol. The molecule has 3 aliphatic heterocycles. The van der Waals surface area contributed by atoms with Gasteiger partial charge in [0.05, 0.1) is 22.9 Å². The zero-order valence-electron chi connectivity index (χ0n) is 21.0. The van der Waals surface area contributed by atoms with Crippen molar-refractivity contribution in [3.05, 3.63) is 63.3 Å². The molecule has 2 atom stereocenters. The third kappa shape index (κ3) is 4.92. The van der Waals surface area contributed by atoms with Gasteiger partial charge < -0.3 is 15.2 Å². The summed E-state index contributed by atoms with van der Waals surface area (Å²) in [5.74, 6) is -1.20. The van der Waals surface area contributed by atoms with Crippen molar-refractivity contribution in [2.75, 3.05) is 25.0 Å². The second kappa shape index (κ2) is 10.3. The number of fused-ring (bicyclic) bond motifs is 3. The average molecular weight is 539 g/mol. The number of rotatable bonds is 9. The molecule has 4 fully saturated rings. The van der Waals surface area contributed by atoms with Gasteiger partial charge in [-0.25, -0.2) is 22.0 Å². The summed E-state index contributed by atoms with van der Waals surface area (Å²) in [5.41, 5.74) is -3.03. The molecule has 1 amide bonds. The second-order valence-electron chi connectivity index (χ2n) is 10.7. The minimum atomic E-state index is -3.02. The lowest BCUT2D eigenvalue weighted by Crippen LogP contribution is -2.51.